The molecule has 0 radical (unpaired) electrons. The number of nitrogens with one attached hydrogen (secondary N) is 2. The lowest BCUT2D eigenvalue weighted by Gasteiger charge is -2.15. The first-order valence-corrected chi connectivity index (χ1v) is 9.67. The summed E-state index contributed by atoms with van der Waals surface area (Å²) < 4.78 is 56.1. The first kappa shape index (κ1) is 24.3. The minimum Gasteiger partial charge on any atom is -0.370 e. The SMILES string of the molecule is CCCNC(=O)c1nn(CC)cc1NC(=O)c1ccc(COCC(F)(F)C(F)F)cc1. The Hall–Kier alpha value is -2.95. The number of benzene rings is 1. The number of hydrogen-bond acceptors (Lipinski definition) is 4. The Bertz CT molecular complexity index is 885. The monoisotopic (exact) mass is 444 g/mol. The molecule has 1 aromatic heterocycles. The molecule has 0 saturated heterocycles. The highest BCUT2D eigenvalue weighted by molar-refractivity contribution is 6.08. The molecule has 0 aliphatic rings. The normalized spacial score (nSPS) is 11.6. The number of aromatic nitrogens is 2. The number of carbonyl (C=O) groups excluding carboxylic acids is 2. The van der Waals surface area contributed by atoms with Crippen molar-refractivity contribution in [3.63, 3.8) is 0 Å². The molecule has 0 saturated carbocycles. The summed E-state index contributed by atoms with van der Waals surface area (Å²) in [6, 6.07) is 5.78. The Labute approximate surface area is 176 Å². The predicted octanol–water partition coefficient (Wildman–Crippen LogP) is 3.71. The Morgan fingerprint density at radius 2 is 1.84 bits per heavy atom. The molecule has 11 heteroatoms. The van der Waals surface area contributed by atoms with Crippen molar-refractivity contribution in [2.75, 3.05) is 18.5 Å². The number of carbonyl (C=O) groups is 2. The quantitative estimate of drug-likeness (QED) is 0.518. The van der Waals surface area contributed by atoms with Gasteiger partial charge in [0.2, 0.25) is 0 Å². The van der Waals surface area contributed by atoms with Gasteiger partial charge in [0, 0.05) is 24.8 Å². The second-order valence-electron chi connectivity index (χ2n) is 6.71. The van der Waals surface area contributed by atoms with Gasteiger partial charge in [-0.2, -0.15) is 13.9 Å². The lowest BCUT2D eigenvalue weighted by molar-refractivity contribution is -0.168. The average molecular weight is 444 g/mol. The topological polar surface area (TPSA) is 85.3 Å². The summed E-state index contributed by atoms with van der Waals surface area (Å²) in [6.07, 6.45) is -1.51. The van der Waals surface area contributed by atoms with Gasteiger partial charge >= 0.3 is 12.3 Å². The van der Waals surface area contributed by atoms with Gasteiger partial charge in [-0.25, -0.2) is 8.78 Å². The van der Waals surface area contributed by atoms with Crippen molar-refractivity contribution >= 4 is 17.5 Å². The lowest BCUT2D eigenvalue weighted by atomic mass is 10.1. The second-order valence-corrected chi connectivity index (χ2v) is 6.71. The van der Waals surface area contributed by atoms with Crippen molar-refractivity contribution in [2.45, 2.75) is 45.8 Å². The van der Waals surface area contributed by atoms with Crippen molar-refractivity contribution in [1.29, 1.82) is 0 Å². The van der Waals surface area contributed by atoms with Crippen LogP contribution in [-0.4, -0.2) is 47.1 Å². The number of amides is 2. The van der Waals surface area contributed by atoms with E-state index in [2.05, 4.69) is 20.5 Å². The van der Waals surface area contributed by atoms with Crippen molar-refractivity contribution in [2.24, 2.45) is 0 Å². The number of anilines is 1. The number of nitrogens with zero attached hydrogens (tertiary/aromatic N) is 2. The standard InChI is InChI=1S/C20H24F4N4O3/c1-3-9-25-18(30)16-15(10-28(4-2)27-16)26-17(29)14-7-5-13(6-8-14)11-31-12-20(23,24)19(21)22/h5-8,10,19H,3-4,9,11-12H2,1-2H3,(H,25,30)(H,26,29). The maximum Gasteiger partial charge on any atom is 0.330 e. The van der Waals surface area contributed by atoms with Gasteiger partial charge in [-0.1, -0.05) is 19.1 Å². The Kier molecular flexibility index (Phi) is 8.55. The fourth-order valence-electron chi connectivity index (χ4n) is 2.48. The molecule has 0 fully saturated rings. The van der Waals surface area contributed by atoms with Crippen LogP contribution in [0.3, 0.4) is 0 Å². The van der Waals surface area contributed by atoms with Crippen molar-refractivity contribution < 1.29 is 31.9 Å². The van der Waals surface area contributed by atoms with Gasteiger partial charge in [0.25, 0.3) is 11.8 Å². The van der Waals surface area contributed by atoms with E-state index in [1.807, 2.05) is 13.8 Å². The number of alkyl halides is 4. The summed E-state index contributed by atoms with van der Waals surface area (Å²) in [7, 11) is 0. The van der Waals surface area contributed by atoms with Crippen LogP contribution in [0.5, 0.6) is 0 Å². The van der Waals surface area contributed by atoms with Gasteiger partial charge in [0.15, 0.2) is 5.69 Å². The van der Waals surface area contributed by atoms with E-state index in [9.17, 15) is 27.2 Å². The molecule has 2 N–H and O–H groups in total. The highest BCUT2D eigenvalue weighted by Crippen LogP contribution is 2.23. The van der Waals surface area contributed by atoms with Crippen LogP contribution in [0.1, 0.15) is 46.7 Å². The Morgan fingerprint density at radius 3 is 2.42 bits per heavy atom. The summed E-state index contributed by atoms with van der Waals surface area (Å²) in [5.74, 6) is -5.13. The number of halogens is 4. The Balaban J connectivity index is 2.01. The van der Waals surface area contributed by atoms with Gasteiger partial charge in [0.1, 0.15) is 6.61 Å². The third-order valence-corrected chi connectivity index (χ3v) is 4.18. The van der Waals surface area contributed by atoms with Gasteiger partial charge in [0.05, 0.1) is 12.3 Å². The van der Waals surface area contributed by atoms with E-state index in [1.165, 1.54) is 28.9 Å². The molecule has 2 aromatic rings. The van der Waals surface area contributed by atoms with Crippen LogP contribution in [0.15, 0.2) is 30.5 Å². The molecule has 1 aromatic carbocycles. The summed E-state index contributed by atoms with van der Waals surface area (Å²) in [5, 5.41) is 9.51. The van der Waals surface area contributed by atoms with Crippen LogP contribution < -0.4 is 10.6 Å². The zero-order chi connectivity index (χ0) is 23.0. The van der Waals surface area contributed by atoms with Crippen LogP contribution in [-0.2, 0) is 17.9 Å². The molecule has 170 valence electrons. The van der Waals surface area contributed by atoms with E-state index in [4.69, 9.17) is 0 Å². The fraction of sp³-hybridized carbons (Fsp3) is 0.450. The van der Waals surface area contributed by atoms with Crippen molar-refractivity contribution in [3.05, 3.63) is 47.3 Å². The molecular formula is C20H24F4N4O3. The highest BCUT2D eigenvalue weighted by Gasteiger charge is 2.40. The van der Waals surface area contributed by atoms with Crippen LogP contribution in [0.2, 0.25) is 0 Å². The third kappa shape index (κ3) is 6.78. The van der Waals surface area contributed by atoms with Gasteiger partial charge in [-0.15, -0.1) is 0 Å². The maximum absolute atomic E-state index is 12.8. The van der Waals surface area contributed by atoms with E-state index < -0.39 is 30.8 Å². The number of ether oxygens (including phenoxy) is 1. The zero-order valence-corrected chi connectivity index (χ0v) is 17.1. The van der Waals surface area contributed by atoms with Gasteiger partial charge in [-0.05, 0) is 31.0 Å². The van der Waals surface area contributed by atoms with Gasteiger partial charge in [-0.3, -0.25) is 14.3 Å². The molecule has 0 aliphatic heterocycles. The fourth-order valence-corrected chi connectivity index (χ4v) is 2.48. The first-order valence-electron chi connectivity index (χ1n) is 9.67. The molecule has 31 heavy (non-hydrogen) atoms. The van der Waals surface area contributed by atoms with Crippen molar-refractivity contribution in [1.82, 2.24) is 15.1 Å². The maximum atomic E-state index is 12.8. The minimum atomic E-state index is -4.22. The van der Waals surface area contributed by atoms with E-state index in [-0.39, 0.29) is 23.6 Å². The highest BCUT2D eigenvalue weighted by atomic mass is 19.3. The summed E-state index contributed by atoms with van der Waals surface area (Å²) in [6.45, 7) is 3.00. The molecule has 7 nitrogen and oxygen atoms in total. The van der Waals surface area contributed by atoms with Crippen LogP contribution >= 0.6 is 0 Å². The smallest absolute Gasteiger partial charge is 0.330 e. The molecular weight excluding hydrogens is 420 g/mol. The van der Waals surface area contributed by atoms with E-state index in [1.54, 1.807) is 6.20 Å². The molecule has 0 bridgehead atoms. The molecule has 2 rings (SSSR count). The average Bonchev–Trinajstić information content (AvgIpc) is 3.15. The Morgan fingerprint density at radius 1 is 1.16 bits per heavy atom. The molecule has 0 atom stereocenters. The second kappa shape index (κ2) is 10.9. The summed E-state index contributed by atoms with van der Waals surface area (Å²) >= 11 is 0. The largest absolute Gasteiger partial charge is 0.370 e. The molecule has 1 heterocycles. The number of hydrogen-bond donors (Lipinski definition) is 2. The zero-order valence-electron chi connectivity index (χ0n) is 17.1. The molecule has 0 spiro atoms. The third-order valence-electron chi connectivity index (χ3n) is 4.18. The van der Waals surface area contributed by atoms with Crippen LogP contribution in [0, 0.1) is 0 Å². The lowest BCUT2D eigenvalue weighted by Crippen LogP contribution is -2.32. The van der Waals surface area contributed by atoms with E-state index in [0.29, 0.717) is 18.7 Å². The van der Waals surface area contributed by atoms with Crippen molar-refractivity contribution in [3.8, 4) is 0 Å². The minimum absolute atomic E-state index is 0.0913. The first-order chi connectivity index (χ1) is 14.7. The van der Waals surface area contributed by atoms with Gasteiger partial charge < -0.3 is 15.4 Å². The molecule has 2 amide bonds. The number of aryl methyl sites for hydroxylation is 1. The molecule has 0 unspecified atom stereocenters. The predicted molar refractivity (Wildman–Crippen MR) is 106 cm³/mol. The van der Waals surface area contributed by atoms with Crippen LogP contribution in [0.25, 0.3) is 0 Å². The summed E-state index contributed by atoms with van der Waals surface area (Å²) in [5.41, 5.74) is 1.02. The van der Waals surface area contributed by atoms with Crippen LogP contribution in [0.4, 0.5) is 23.2 Å². The van der Waals surface area contributed by atoms with E-state index in [0.717, 1.165) is 6.42 Å². The molecule has 0 aliphatic carbocycles. The number of rotatable bonds is 11. The van der Waals surface area contributed by atoms with E-state index >= 15 is 0 Å². The summed E-state index contributed by atoms with van der Waals surface area (Å²) in [4.78, 5) is 24.8.